The Hall–Kier alpha value is 1.09. The Balaban J connectivity index is 0. The molecule has 0 fully saturated rings. The fourth-order valence-electron chi connectivity index (χ4n) is 0.523. The van der Waals surface area contributed by atoms with Gasteiger partial charge in [-0.15, -0.1) is 0 Å². The molecule has 0 aliphatic heterocycles. The summed E-state index contributed by atoms with van der Waals surface area (Å²) in [6.45, 7) is 0. The third kappa shape index (κ3) is 3.21. The van der Waals surface area contributed by atoms with Gasteiger partial charge in [0.2, 0.25) is 0 Å². The van der Waals surface area contributed by atoms with Crippen molar-refractivity contribution in [1.82, 2.24) is 0 Å². The minimum atomic E-state index is -7.37. The molecule has 106 valence electrons. The maximum atomic E-state index is 12.2. The average molecular weight is 387 g/mol. The van der Waals surface area contributed by atoms with Gasteiger partial charge in [-0.3, -0.25) is 4.55 Å². The normalized spacial score (nSPS) is 15.2. The van der Waals surface area contributed by atoms with E-state index < -0.39 is 33.4 Å². The number of rotatable bonds is 3. The van der Waals surface area contributed by atoms with Crippen molar-refractivity contribution in [2.45, 2.75) is 23.3 Å². The zero-order valence-corrected chi connectivity index (χ0v) is 7.89. The Morgan fingerprint density at radius 2 is 1.00 bits per heavy atom. The van der Waals surface area contributed by atoms with Crippen molar-refractivity contribution in [3.05, 3.63) is 0 Å². The molecule has 0 saturated heterocycles. The van der Waals surface area contributed by atoms with Crippen LogP contribution in [0.25, 0.3) is 0 Å². The Labute approximate surface area is 142 Å². The third-order valence-corrected chi connectivity index (χ3v) is 2.34. The average Bonchev–Trinajstić information content (AvgIpc) is 1.98. The summed E-state index contributed by atoms with van der Waals surface area (Å²) in [5, 5.41) is -7.00. The molecule has 0 atom stereocenters. The van der Waals surface area contributed by atoms with Gasteiger partial charge in [0, 0.05) is 0 Å². The van der Waals surface area contributed by atoms with E-state index >= 15 is 0 Å². The Morgan fingerprint density at radius 1 is 0.722 bits per heavy atom. The molecule has 0 aromatic heterocycles. The fourth-order valence-corrected chi connectivity index (χ4v) is 0.975. The van der Waals surface area contributed by atoms with Gasteiger partial charge in [-0.2, -0.15) is 47.9 Å². The quantitative estimate of drug-likeness (QED) is 0.593. The van der Waals surface area contributed by atoms with E-state index in [0.29, 0.717) is 0 Å². The first kappa shape index (κ1) is 21.4. The molecule has 0 amide bonds. The van der Waals surface area contributed by atoms with Crippen molar-refractivity contribution in [3.8, 4) is 0 Å². The third-order valence-electron chi connectivity index (χ3n) is 1.44. The van der Waals surface area contributed by atoms with E-state index in [1.54, 1.807) is 0 Å². The predicted molar refractivity (Wildman–Crippen MR) is 39.6 cm³/mol. The summed E-state index contributed by atoms with van der Waals surface area (Å²) >= 11 is 0. The van der Waals surface area contributed by atoms with E-state index in [1.165, 1.54) is 0 Å². The molecule has 0 spiro atoms. The van der Waals surface area contributed by atoms with Gasteiger partial charge in [0.15, 0.2) is 0 Å². The molecule has 0 heterocycles. The Morgan fingerprint density at radius 3 is 1.17 bits per heavy atom. The maximum absolute atomic E-state index is 12.2. The van der Waals surface area contributed by atoms with Crippen molar-refractivity contribution in [2.24, 2.45) is 0 Å². The molecule has 14 heteroatoms. The van der Waals surface area contributed by atoms with Gasteiger partial charge in [-0.25, -0.2) is 0 Å². The van der Waals surface area contributed by atoms with Crippen molar-refractivity contribution in [3.63, 3.8) is 0 Å². The second-order valence-electron chi connectivity index (χ2n) is 2.64. The number of hydrogen-bond donors (Lipinski definition) is 1. The summed E-state index contributed by atoms with van der Waals surface area (Å²) in [6.07, 6.45) is -7.13. The molecule has 3 nitrogen and oxygen atoms in total. The van der Waals surface area contributed by atoms with E-state index in [2.05, 4.69) is 0 Å². The molecule has 1 N–H and O–H groups in total. The topological polar surface area (TPSA) is 54.4 Å². The second kappa shape index (κ2) is 5.46. The predicted octanol–water partition coefficient (Wildman–Crippen LogP) is 1.65. The summed E-state index contributed by atoms with van der Waals surface area (Å²) in [5.41, 5.74) is 0. The molecule has 0 aromatic carbocycles. The van der Waals surface area contributed by atoms with Crippen LogP contribution in [0.1, 0.15) is 0 Å². The van der Waals surface area contributed by atoms with Gasteiger partial charge in [0.25, 0.3) is 0 Å². The molecule has 18 heavy (non-hydrogen) atoms. The van der Waals surface area contributed by atoms with Crippen LogP contribution in [-0.2, 0) is 10.1 Å². The Kier molecular flexibility index (Phi) is 6.49. The van der Waals surface area contributed by atoms with E-state index in [1.807, 2.05) is 0 Å². The molecular formula is C4H2F9O3RbS. The van der Waals surface area contributed by atoms with Crippen LogP contribution in [-0.4, -0.2) is 94.4 Å². The molecule has 0 radical (unpaired) electrons. The van der Waals surface area contributed by atoms with Crippen LogP contribution >= 0.6 is 0 Å². The van der Waals surface area contributed by atoms with Gasteiger partial charge in [0.1, 0.15) is 0 Å². The van der Waals surface area contributed by atoms with Crippen molar-refractivity contribution < 1.29 is 52.5 Å². The van der Waals surface area contributed by atoms with Crippen LogP contribution < -0.4 is 0 Å². The molecule has 0 aliphatic carbocycles. The molecule has 0 aliphatic rings. The second-order valence-corrected chi connectivity index (χ2v) is 4.10. The minimum absolute atomic E-state index is 0. The van der Waals surface area contributed by atoms with E-state index in [4.69, 9.17) is 4.55 Å². The standard InChI is InChI=1S/C4HF9O3S.Rb.H/c5-1(6,3(9,10)11)2(7,8)4(12,13)17(14,15)16;;/h(H,14,15,16);;. The number of halogens is 9. The van der Waals surface area contributed by atoms with Crippen LogP contribution in [0.5, 0.6) is 0 Å². The summed E-state index contributed by atoms with van der Waals surface area (Å²) in [6, 6.07) is 0. The molecule has 0 aromatic rings. The zero-order chi connectivity index (χ0) is 14.5. The number of hydrogen-bond acceptors (Lipinski definition) is 2. The number of alkyl halides is 9. The molecule has 0 bridgehead atoms. The van der Waals surface area contributed by atoms with Gasteiger partial charge in [-0.1, -0.05) is 0 Å². The van der Waals surface area contributed by atoms with Crippen LogP contribution in [0.15, 0.2) is 0 Å². The van der Waals surface area contributed by atoms with Crippen molar-refractivity contribution in [1.29, 1.82) is 0 Å². The van der Waals surface area contributed by atoms with Gasteiger partial charge < -0.3 is 0 Å². The molecule has 0 rings (SSSR count). The Bertz CT molecular complexity index is 399. The van der Waals surface area contributed by atoms with Crippen LogP contribution in [0.3, 0.4) is 0 Å². The van der Waals surface area contributed by atoms with Crippen molar-refractivity contribution in [2.75, 3.05) is 0 Å². The van der Waals surface area contributed by atoms with Gasteiger partial charge in [-0.05, 0) is 0 Å². The summed E-state index contributed by atoms with van der Waals surface area (Å²) in [5.74, 6) is -14.7. The first-order valence-corrected chi connectivity index (χ1v) is 4.61. The zero-order valence-electron chi connectivity index (χ0n) is 7.07. The van der Waals surface area contributed by atoms with E-state index in [-0.39, 0.29) is 58.2 Å². The monoisotopic (exact) mass is 386 g/mol. The van der Waals surface area contributed by atoms with Crippen LogP contribution in [0.4, 0.5) is 39.5 Å². The van der Waals surface area contributed by atoms with Gasteiger partial charge in [0.05, 0.1) is 0 Å². The van der Waals surface area contributed by atoms with E-state index in [9.17, 15) is 47.9 Å². The van der Waals surface area contributed by atoms with E-state index in [0.717, 1.165) is 0 Å². The summed E-state index contributed by atoms with van der Waals surface area (Å²) < 4.78 is 134. The molecule has 0 saturated carbocycles. The van der Waals surface area contributed by atoms with Crippen LogP contribution in [0.2, 0.25) is 0 Å². The summed E-state index contributed by atoms with van der Waals surface area (Å²) in [4.78, 5) is 0. The van der Waals surface area contributed by atoms with Crippen LogP contribution in [0, 0.1) is 0 Å². The summed E-state index contributed by atoms with van der Waals surface area (Å²) in [7, 11) is -7.17. The van der Waals surface area contributed by atoms with Gasteiger partial charge >= 0.3 is 91.6 Å². The SMILES string of the molecule is O=S(=O)(O)C(F)(F)C(F)(F)C(F)(F)C(F)(F)F.[RbH]. The first-order chi connectivity index (χ1) is 7.00. The molecule has 0 unspecified atom stereocenters. The molecular weight excluding hydrogens is 385 g/mol. The first-order valence-electron chi connectivity index (χ1n) is 3.17. The fraction of sp³-hybridized carbons (Fsp3) is 1.00. The van der Waals surface area contributed by atoms with Crippen molar-refractivity contribution >= 4 is 68.3 Å².